The molecule has 0 saturated heterocycles. The van der Waals surface area contributed by atoms with Crippen LogP contribution in [0, 0.1) is 0 Å². The maximum absolute atomic E-state index is 8.93. The molecule has 0 fully saturated rings. The maximum Gasteiger partial charge on any atom is 0.129 e. The van der Waals surface area contributed by atoms with Crippen LogP contribution in [0.1, 0.15) is 23.1 Å². The van der Waals surface area contributed by atoms with Crippen molar-refractivity contribution < 1.29 is 14.3 Å². The number of aliphatic hydroxyl groups excluding tert-OH is 1. The summed E-state index contributed by atoms with van der Waals surface area (Å²) in [5.74, 6) is 2.36. The second-order valence-corrected chi connectivity index (χ2v) is 4.31. The number of fused-ring (bicyclic) bond motifs is 1. The fourth-order valence-electron chi connectivity index (χ4n) is 2.16. The van der Waals surface area contributed by atoms with Crippen molar-refractivity contribution in [1.29, 1.82) is 0 Å². The second kappa shape index (κ2) is 4.84. The topological polar surface area (TPSA) is 54.6 Å². The molecule has 0 bridgehead atoms. The zero-order valence-electron chi connectivity index (χ0n) is 9.93. The molecule has 2 heterocycles. The molecule has 1 aromatic heterocycles. The van der Waals surface area contributed by atoms with E-state index < -0.39 is 0 Å². The first-order valence-corrected chi connectivity index (χ1v) is 6.00. The van der Waals surface area contributed by atoms with Gasteiger partial charge in [0, 0.05) is 5.56 Å². The summed E-state index contributed by atoms with van der Waals surface area (Å²) in [6.07, 6.45) is 0. The summed E-state index contributed by atoms with van der Waals surface area (Å²) < 4.78 is 11.0. The minimum atomic E-state index is -0.0601. The number of ether oxygens (including phenoxy) is 1. The lowest BCUT2D eigenvalue weighted by Gasteiger charge is -2.09. The van der Waals surface area contributed by atoms with Gasteiger partial charge in [0.15, 0.2) is 0 Å². The van der Waals surface area contributed by atoms with Gasteiger partial charge in [0.1, 0.15) is 30.5 Å². The van der Waals surface area contributed by atoms with E-state index in [-0.39, 0.29) is 12.6 Å². The van der Waals surface area contributed by atoms with Gasteiger partial charge < -0.3 is 14.3 Å². The van der Waals surface area contributed by atoms with Gasteiger partial charge in [0.25, 0.3) is 0 Å². The van der Waals surface area contributed by atoms with Crippen molar-refractivity contribution in [2.45, 2.75) is 19.2 Å². The Labute approximate surface area is 105 Å². The van der Waals surface area contributed by atoms with Crippen LogP contribution in [0.2, 0.25) is 0 Å². The molecule has 1 aliphatic heterocycles. The molecule has 0 amide bonds. The summed E-state index contributed by atoms with van der Waals surface area (Å²) in [6, 6.07) is 11.9. The Hall–Kier alpha value is -1.78. The van der Waals surface area contributed by atoms with Crippen molar-refractivity contribution in [2.24, 2.45) is 0 Å². The lowest BCUT2D eigenvalue weighted by Crippen LogP contribution is -2.21. The normalized spacial score (nSPS) is 17.5. The van der Waals surface area contributed by atoms with Crippen LogP contribution in [-0.4, -0.2) is 11.7 Å². The molecule has 1 aromatic carbocycles. The highest BCUT2D eigenvalue weighted by Crippen LogP contribution is 2.31. The Morgan fingerprint density at radius 1 is 1.17 bits per heavy atom. The molecule has 3 rings (SSSR count). The number of para-hydroxylation sites is 1. The number of benzene rings is 1. The van der Waals surface area contributed by atoms with E-state index in [1.54, 1.807) is 6.07 Å². The number of nitrogens with one attached hydrogen (secondary N) is 1. The lowest BCUT2D eigenvalue weighted by molar-refractivity contribution is 0.241. The molecular formula is C14H15NO3. The summed E-state index contributed by atoms with van der Waals surface area (Å²) >= 11 is 0. The SMILES string of the molecule is OCc1ccc(CNC2COc3ccccc32)o1. The largest absolute Gasteiger partial charge is 0.491 e. The third-order valence-electron chi connectivity index (χ3n) is 3.10. The van der Waals surface area contributed by atoms with Crippen LogP contribution in [0.5, 0.6) is 5.75 Å². The molecule has 2 N–H and O–H groups in total. The molecule has 18 heavy (non-hydrogen) atoms. The fourth-order valence-corrected chi connectivity index (χ4v) is 2.16. The van der Waals surface area contributed by atoms with Crippen LogP contribution in [0.25, 0.3) is 0 Å². The smallest absolute Gasteiger partial charge is 0.129 e. The minimum absolute atomic E-state index is 0.0601. The molecular weight excluding hydrogens is 230 g/mol. The summed E-state index contributed by atoms with van der Waals surface area (Å²) in [5.41, 5.74) is 1.19. The molecule has 4 heteroatoms. The number of hydrogen-bond acceptors (Lipinski definition) is 4. The molecule has 94 valence electrons. The van der Waals surface area contributed by atoms with Crippen molar-refractivity contribution >= 4 is 0 Å². The Bertz CT molecular complexity index is 535. The van der Waals surface area contributed by atoms with E-state index in [0.717, 1.165) is 11.5 Å². The van der Waals surface area contributed by atoms with E-state index >= 15 is 0 Å². The summed E-state index contributed by atoms with van der Waals surface area (Å²) in [7, 11) is 0. The van der Waals surface area contributed by atoms with E-state index in [9.17, 15) is 0 Å². The molecule has 1 atom stereocenters. The van der Waals surface area contributed by atoms with Crippen LogP contribution >= 0.6 is 0 Å². The molecule has 2 aromatic rings. The van der Waals surface area contributed by atoms with E-state index in [1.165, 1.54) is 5.56 Å². The van der Waals surface area contributed by atoms with Crippen molar-refractivity contribution in [3.63, 3.8) is 0 Å². The van der Waals surface area contributed by atoms with Gasteiger partial charge in [-0.2, -0.15) is 0 Å². The van der Waals surface area contributed by atoms with Gasteiger partial charge in [0.2, 0.25) is 0 Å². The van der Waals surface area contributed by atoms with Crippen LogP contribution in [0.4, 0.5) is 0 Å². The van der Waals surface area contributed by atoms with Gasteiger partial charge in [-0.15, -0.1) is 0 Å². The first-order valence-electron chi connectivity index (χ1n) is 6.00. The van der Waals surface area contributed by atoms with E-state index in [4.69, 9.17) is 14.3 Å². The van der Waals surface area contributed by atoms with E-state index in [0.29, 0.717) is 18.9 Å². The van der Waals surface area contributed by atoms with Gasteiger partial charge in [-0.1, -0.05) is 18.2 Å². The lowest BCUT2D eigenvalue weighted by atomic mass is 10.1. The minimum Gasteiger partial charge on any atom is -0.491 e. The Morgan fingerprint density at radius 2 is 2.00 bits per heavy atom. The highest BCUT2D eigenvalue weighted by molar-refractivity contribution is 5.39. The van der Waals surface area contributed by atoms with Crippen molar-refractivity contribution in [3.05, 3.63) is 53.5 Å². The first kappa shape index (κ1) is 11.3. The molecule has 1 aliphatic rings. The van der Waals surface area contributed by atoms with Gasteiger partial charge >= 0.3 is 0 Å². The highest BCUT2D eigenvalue weighted by Gasteiger charge is 2.23. The Morgan fingerprint density at radius 3 is 2.83 bits per heavy atom. The molecule has 0 spiro atoms. The predicted molar refractivity (Wildman–Crippen MR) is 66.1 cm³/mol. The number of aliphatic hydroxyl groups is 1. The van der Waals surface area contributed by atoms with Crippen molar-refractivity contribution in [1.82, 2.24) is 5.32 Å². The summed E-state index contributed by atoms with van der Waals surface area (Å²) in [5, 5.41) is 12.3. The van der Waals surface area contributed by atoms with Gasteiger partial charge in [-0.05, 0) is 18.2 Å². The molecule has 0 aliphatic carbocycles. The van der Waals surface area contributed by atoms with Gasteiger partial charge in [-0.25, -0.2) is 0 Å². The molecule has 0 saturated carbocycles. The fraction of sp³-hybridized carbons (Fsp3) is 0.286. The van der Waals surface area contributed by atoms with Crippen molar-refractivity contribution in [3.8, 4) is 5.75 Å². The van der Waals surface area contributed by atoms with E-state index in [1.807, 2.05) is 24.3 Å². The number of rotatable bonds is 4. The zero-order chi connectivity index (χ0) is 12.4. The molecule has 4 nitrogen and oxygen atoms in total. The van der Waals surface area contributed by atoms with Crippen molar-refractivity contribution in [2.75, 3.05) is 6.61 Å². The Balaban J connectivity index is 1.65. The third kappa shape index (κ3) is 2.12. The third-order valence-corrected chi connectivity index (χ3v) is 3.10. The first-order chi connectivity index (χ1) is 8.86. The highest BCUT2D eigenvalue weighted by atomic mass is 16.5. The average Bonchev–Trinajstić information content (AvgIpc) is 3.03. The number of furan rings is 1. The average molecular weight is 245 g/mol. The van der Waals surface area contributed by atoms with Crippen LogP contribution in [0.15, 0.2) is 40.8 Å². The summed E-state index contributed by atoms with van der Waals surface area (Å²) in [4.78, 5) is 0. The quantitative estimate of drug-likeness (QED) is 0.865. The maximum atomic E-state index is 8.93. The summed E-state index contributed by atoms with van der Waals surface area (Å²) in [6.45, 7) is 1.21. The van der Waals surface area contributed by atoms with Crippen LogP contribution in [0.3, 0.4) is 0 Å². The Kier molecular flexibility index (Phi) is 3.04. The number of hydrogen-bond donors (Lipinski definition) is 2. The molecule has 0 radical (unpaired) electrons. The predicted octanol–water partition coefficient (Wildman–Crippen LogP) is 2.00. The van der Waals surface area contributed by atoms with Crippen LogP contribution < -0.4 is 10.1 Å². The zero-order valence-corrected chi connectivity index (χ0v) is 9.93. The van der Waals surface area contributed by atoms with Crippen LogP contribution in [-0.2, 0) is 13.2 Å². The second-order valence-electron chi connectivity index (χ2n) is 4.31. The van der Waals surface area contributed by atoms with E-state index in [2.05, 4.69) is 11.4 Å². The standard InChI is InChI=1S/C14H15NO3/c16-8-11-6-5-10(18-11)7-15-13-9-17-14-4-2-1-3-12(13)14/h1-6,13,15-16H,7-9H2. The van der Waals surface area contributed by atoms with Gasteiger partial charge in [0.05, 0.1) is 12.6 Å². The molecule has 1 unspecified atom stereocenters. The monoisotopic (exact) mass is 245 g/mol. The van der Waals surface area contributed by atoms with Gasteiger partial charge in [-0.3, -0.25) is 5.32 Å².